The zero-order chi connectivity index (χ0) is 16.1. The molecule has 0 radical (unpaired) electrons. The lowest BCUT2D eigenvalue weighted by molar-refractivity contribution is 0.0978. The van der Waals surface area contributed by atoms with E-state index in [4.69, 9.17) is 23.8 Å². The van der Waals surface area contributed by atoms with Crippen molar-refractivity contribution in [2.75, 3.05) is 5.32 Å². The average molecular weight is 333 g/mol. The Morgan fingerprint density at radius 1 is 1.09 bits per heavy atom. The maximum atomic E-state index is 12.2. The molecule has 0 spiro atoms. The number of anilines is 1. The standard InChI is InChI=1S/C17H17ClN2OS/c1-11(2)12-7-4-6-10-15(12)19-17(22)20-16(21)13-8-3-5-9-14(13)18/h3-11H,1-2H3,(H2,19,20,21,22). The van der Waals surface area contributed by atoms with Crippen molar-refractivity contribution in [1.29, 1.82) is 0 Å². The molecule has 114 valence electrons. The number of thiocarbonyl (C=S) groups is 1. The SMILES string of the molecule is CC(C)c1ccccc1NC(=S)NC(=O)c1ccccc1Cl. The summed E-state index contributed by atoms with van der Waals surface area (Å²) < 4.78 is 0. The number of hydrogen-bond acceptors (Lipinski definition) is 2. The summed E-state index contributed by atoms with van der Waals surface area (Å²) >= 11 is 11.2. The second-order valence-corrected chi connectivity index (χ2v) is 5.95. The monoisotopic (exact) mass is 332 g/mol. The lowest BCUT2D eigenvalue weighted by Crippen LogP contribution is -2.34. The average Bonchev–Trinajstić information content (AvgIpc) is 2.47. The Kier molecular flexibility index (Phi) is 5.52. The van der Waals surface area contributed by atoms with Crippen molar-refractivity contribution < 1.29 is 4.79 Å². The number of carbonyl (C=O) groups is 1. The molecule has 0 aliphatic heterocycles. The summed E-state index contributed by atoms with van der Waals surface area (Å²) in [4.78, 5) is 12.2. The van der Waals surface area contributed by atoms with Gasteiger partial charge in [0, 0.05) is 5.69 Å². The molecule has 2 aromatic carbocycles. The maximum Gasteiger partial charge on any atom is 0.258 e. The molecule has 2 aromatic rings. The Labute approximate surface area is 140 Å². The van der Waals surface area contributed by atoms with Gasteiger partial charge < -0.3 is 5.32 Å². The van der Waals surface area contributed by atoms with Gasteiger partial charge in [-0.05, 0) is 41.9 Å². The molecule has 22 heavy (non-hydrogen) atoms. The van der Waals surface area contributed by atoms with Gasteiger partial charge in [-0.15, -0.1) is 0 Å². The first-order chi connectivity index (χ1) is 10.5. The van der Waals surface area contributed by atoms with Crippen LogP contribution < -0.4 is 10.6 Å². The Balaban J connectivity index is 2.08. The van der Waals surface area contributed by atoms with Crippen LogP contribution in [0.15, 0.2) is 48.5 Å². The molecule has 5 heteroatoms. The van der Waals surface area contributed by atoms with Crippen LogP contribution in [0.5, 0.6) is 0 Å². The molecule has 0 unspecified atom stereocenters. The van der Waals surface area contributed by atoms with E-state index in [9.17, 15) is 4.79 Å². The van der Waals surface area contributed by atoms with Crippen molar-refractivity contribution in [3.8, 4) is 0 Å². The molecule has 2 N–H and O–H groups in total. The van der Waals surface area contributed by atoms with E-state index in [1.807, 2.05) is 24.3 Å². The lowest BCUT2D eigenvalue weighted by atomic mass is 10.0. The number of hydrogen-bond donors (Lipinski definition) is 2. The molecule has 0 saturated carbocycles. The Bertz CT molecular complexity index is 701. The van der Waals surface area contributed by atoms with Gasteiger partial charge in [0.15, 0.2) is 5.11 Å². The van der Waals surface area contributed by atoms with Crippen LogP contribution >= 0.6 is 23.8 Å². The molecule has 2 rings (SSSR count). The fourth-order valence-corrected chi connectivity index (χ4v) is 2.51. The molecule has 0 aromatic heterocycles. The van der Waals surface area contributed by atoms with Crippen LogP contribution in [0.3, 0.4) is 0 Å². The Morgan fingerprint density at radius 2 is 1.73 bits per heavy atom. The van der Waals surface area contributed by atoms with Gasteiger partial charge in [-0.3, -0.25) is 10.1 Å². The number of halogens is 1. The smallest absolute Gasteiger partial charge is 0.258 e. The quantitative estimate of drug-likeness (QED) is 0.808. The number of amides is 1. The topological polar surface area (TPSA) is 41.1 Å². The zero-order valence-corrected chi connectivity index (χ0v) is 14.0. The van der Waals surface area contributed by atoms with Crippen molar-refractivity contribution in [3.63, 3.8) is 0 Å². The second kappa shape index (κ2) is 7.38. The molecule has 0 fully saturated rings. The minimum atomic E-state index is -0.329. The highest BCUT2D eigenvalue weighted by Crippen LogP contribution is 2.23. The summed E-state index contributed by atoms with van der Waals surface area (Å²) in [6, 6.07) is 14.7. The predicted octanol–water partition coefficient (Wildman–Crippen LogP) is 4.59. The van der Waals surface area contributed by atoms with Gasteiger partial charge >= 0.3 is 0 Å². The van der Waals surface area contributed by atoms with Gasteiger partial charge in [0.05, 0.1) is 10.6 Å². The third kappa shape index (κ3) is 4.06. The van der Waals surface area contributed by atoms with Crippen molar-refractivity contribution in [1.82, 2.24) is 5.32 Å². The highest BCUT2D eigenvalue weighted by molar-refractivity contribution is 7.80. The van der Waals surface area contributed by atoms with Crippen LogP contribution in [0, 0.1) is 0 Å². The van der Waals surface area contributed by atoms with Gasteiger partial charge in [-0.2, -0.15) is 0 Å². The number of benzene rings is 2. The first kappa shape index (κ1) is 16.5. The predicted molar refractivity (Wildman–Crippen MR) is 95.7 cm³/mol. The lowest BCUT2D eigenvalue weighted by Gasteiger charge is -2.15. The molecule has 0 aliphatic carbocycles. The largest absolute Gasteiger partial charge is 0.332 e. The Morgan fingerprint density at radius 3 is 2.41 bits per heavy atom. The van der Waals surface area contributed by atoms with E-state index >= 15 is 0 Å². The van der Waals surface area contributed by atoms with Gasteiger partial charge in [-0.1, -0.05) is 55.8 Å². The van der Waals surface area contributed by atoms with E-state index in [-0.39, 0.29) is 11.0 Å². The molecular weight excluding hydrogens is 316 g/mol. The zero-order valence-electron chi connectivity index (χ0n) is 12.4. The summed E-state index contributed by atoms with van der Waals surface area (Å²) in [6.45, 7) is 4.21. The fourth-order valence-electron chi connectivity index (χ4n) is 2.08. The van der Waals surface area contributed by atoms with Crippen LogP contribution in [-0.4, -0.2) is 11.0 Å². The molecule has 0 saturated heterocycles. The van der Waals surface area contributed by atoms with Gasteiger partial charge in [0.2, 0.25) is 0 Å². The molecular formula is C17H17ClN2OS. The third-order valence-electron chi connectivity index (χ3n) is 3.18. The van der Waals surface area contributed by atoms with Gasteiger partial charge in [0.1, 0.15) is 0 Å². The van der Waals surface area contributed by atoms with Crippen molar-refractivity contribution in [2.24, 2.45) is 0 Å². The third-order valence-corrected chi connectivity index (χ3v) is 3.71. The van der Waals surface area contributed by atoms with Crippen LogP contribution in [0.2, 0.25) is 5.02 Å². The van der Waals surface area contributed by atoms with E-state index in [1.165, 1.54) is 0 Å². The number of rotatable bonds is 3. The highest BCUT2D eigenvalue weighted by Gasteiger charge is 2.12. The number of nitrogens with one attached hydrogen (secondary N) is 2. The maximum absolute atomic E-state index is 12.2. The Hall–Kier alpha value is -1.91. The summed E-state index contributed by atoms with van der Waals surface area (Å²) in [5.41, 5.74) is 2.42. The van der Waals surface area contributed by atoms with E-state index in [1.54, 1.807) is 24.3 Å². The van der Waals surface area contributed by atoms with Crippen molar-refractivity contribution in [2.45, 2.75) is 19.8 Å². The molecule has 0 atom stereocenters. The van der Waals surface area contributed by atoms with Crippen molar-refractivity contribution >= 4 is 40.5 Å². The van der Waals surface area contributed by atoms with E-state index in [2.05, 4.69) is 24.5 Å². The van der Waals surface area contributed by atoms with Gasteiger partial charge in [-0.25, -0.2) is 0 Å². The van der Waals surface area contributed by atoms with E-state index in [0.29, 0.717) is 16.5 Å². The number of para-hydroxylation sites is 1. The van der Waals surface area contributed by atoms with Crippen LogP contribution in [-0.2, 0) is 0 Å². The normalized spacial score (nSPS) is 10.4. The molecule has 1 amide bonds. The summed E-state index contributed by atoms with van der Waals surface area (Å²) in [6.07, 6.45) is 0. The molecule has 0 bridgehead atoms. The van der Waals surface area contributed by atoms with Crippen molar-refractivity contribution in [3.05, 3.63) is 64.7 Å². The van der Waals surface area contributed by atoms with Crippen LogP contribution in [0.25, 0.3) is 0 Å². The highest BCUT2D eigenvalue weighted by atomic mass is 35.5. The minimum absolute atomic E-state index is 0.248. The second-order valence-electron chi connectivity index (χ2n) is 5.13. The first-order valence-corrected chi connectivity index (χ1v) is 7.73. The molecule has 0 heterocycles. The van der Waals surface area contributed by atoms with Crippen LogP contribution in [0.4, 0.5) is 5.69 Å². The van der Waals surface area contributed by atoms with E-state index in [0.717, 1.165) is 11.3 Å². The minimum Gasteiger partial charge on any atom is -0.332 e. The van der Waals surface area contributed by atoms with E-state index < -0.39 is 0 Å². The fraction of sp³-hybridized carbons (Fsp3) is 0.176. The summed E-state index contributed by atoms with van der Waals surface area (Å²) in [5.74, 6) is 0.0240. The van der Waals surface area contributed by atoms with Crippen LogP contribution in [0.1, 0.15) is 35.7 Å². The molecule has 0 aliphatic rings. The van der Waals surface area contributed by atoms with Gasteiger partial charge in [0.25, 0.3) is 5.91 Å². The summed E-state index contributed by atoms with van der Waals surface area (Å²) in [5, 5.41) is 6.36. The first-order valence-electron chi connectivity index (χ1n) is 6.95. The number of carbonyl (C=O) groups excluding carboxylic acids is 1. The molecule has 3 nitrogen and oxygen atoms in total. The summed E-state index contributed by atoms with van der Waals surface area (Å²) in [7, 11) is 0.